The van der Waals surface area contributed by atoms with Gasteiger partial charge in [0.2, 0.25) is 0 Å². The van der Waals surface area contributed by atoms with Crippen LogP contribution in [0.5, 0.6) is 0 Å². The molecule has 0 saturated heterocycles. The molecule has 0 rings (SSSR count). The molecule has 0 aliphatic heterocycles. The zero-order valence-corrected chi connectivity index (χ0v) is 34.8. The van der Waals surface area contributed by atoms with Crippen molar-refractivity contribution in [3.63, 3.8) is 0 Å². The molecule has 11 heteroatoms. The highest BCUT2D eigenvalue weighted by molar-refractivity contribution is 7.47. The molecule has 0 aromatic heterocycles. The van der Waals surface area contributed by atoms with Crippen LogP contribution < -0.4 is 0 Å². The zero-order valence-electron chi connectivity index (χ0n) is 33.9. The van der Waals surface area contributed by atoms with Gasteiger partial charge in [0.25, 0.3) is 0 Å². The minimum absolute atomic E-state index is 0.186. The van der Waals surface area contributed by atoms with Gasteiger partial charge < -0.3 is 24.6 Å². The van der Waals surface area contributed by atoms with E-state index >= 15 is 0 Å². The third-order valence-electron chi connectivity index (χ3n) is 8.81. The van der Waals surface area contributed by atoms with E-state index in [0.717, 1.165) is 70.6 Å². The second kappa shape index (κ2) is 39.2. The van der Waals surface area contributed by atoms with Crippen molar-refractivity contribution in [2.45, 2.75) is 187 Å². The van der Waals surface area contributed by atoms with Gasteiger partial charge in [-0.05, 0) is 51.4 Å². The fourth-order valence-electron chi connectivity index (χ4n) is 5.58. The predicted octanol–water partition coefficient (Wildman–Crippen LogP) is 10.9. The summed E-state index contributed by atoms with van der Waals surface area (Å²) in [6.07, 6.45) is 41.1. The molecule has 3 unspecified atom stereocenters. The Morgan fingerprint density at radius 3 is 1.26 bits per heavy atom. The van der Waals surface area contributed by atoms with Crippen LogP contribution in [0.4, 0.5) is 0 Å². The summed E-state index contributed by atoms with van der Waals surface area (Å²) in [5, 5.41) is 19.1. The highest BCUT2D eigenvalue weighted by Gasteiger charge is 2.27. The average molecular weight is 785 g/mol. The lowest BCUT2D eigenvalue weighted by Gasteiger charge is -2.20. The van der Waals surface area contributed by atoms with Gasteiger partial charge in [-0.15, -0.1) is 0 Å². The second-order valence-corrected chi connectivity index (χ2v) is 15.4. The maximum Gasteiger partial charge on any atom is 0.472 e. The summed E-state index contributed by atoms with van der Waals surface area (Å²) in [4.78, 5) is 34.3. The summed E-state index contributed by atoms with van der Waals surface area (Å²) in [5.41, 5.74) is 0. The van der Waals surface area contributed by atoms with Crippen molar-refractivity contribution >= 4 is 19.8 Å². The van der Waals surface area contributed by atoms with Crippen LogP contribution in [0.3, 0.4) is 0 Å². The quantitative estimate of drug-likeness (QED) is 0.0238. The first-order valence-electron chi connectivity index (χ1n) is 21.1. The normalized spacial score (nSPS) is 14.4. The number of esters is 2. The molecular weight excluding hydrogens is 707 g/mol. The van der Waals surface area contributed by atoms with Gasteiger partial charge in [0.15, 0.2) is 0 Å². The summed E-state index contributed by atoms with van der Waals surface area (Å²) >= 11 is 0. The molecule has 314 valence electrons. The fraction of sp³-hybridized carbons (Fsp3) is 0.767. The molecule has 0 bridgehead atoms. The Labute approximate surface area is 328 Å². The molecule has 0 aliphatic rings. The minimum Gasteiger partial charge on any atom is -0.457 e. The molecule has 0 aliphatic carbocycles. The maximum atomic E-state index is 12.3. The number of phosphoric ester groups is 1. The van der Waals surface area contributed by atoms with Gasteiger partial charge in [0.05, 0.1) is 26.4 Å². The average Bonchev–Trinajstić information content (AvgIpc) is 3.16. The van der Waals surface area contributed by atoms with Gasteiger partial charge in [-0.2, -0.15) is 0 Å². The maximum absolute atomic E-state index is 12.3. The highest BCUT2D eigenvalue weighted by Crippen LogP contribution is 2.43. The van der Waals surface area contributed by atoms with E-state index in [1.807, 2.05) is 0 Å². The van der Waals surface area contributed by atoms with Crippen molar-refractivity contribution in [1.82, 2.24) is 0 Å². The first-order chi connectivity index (χ1) is 26.3. The van der Waals surface area contributed by atoms with Crippen LogP contribution in [0.1, 0.15) is 174 Å². The van der Waals surface area contributed by atoms with E-state index < -0.39 is 58.4 Å². The third kappa shape index (κ3) is 36.9. The van der Waals surface area contributed by atoms with Gasteiger partial charge in [0, 0.05) is 12.8 Å². The number of carbonyl (C=O) groups excluding carboxylic acids is 2. The Morgan fingerprint density at radius 1 is 0.519 bits per heavy atom. The lowest BCUT2D eigenvalue weighted by atomic mass is 10.0. The van der Waals surface area contributed by atoms with E-state index in [-0.39, 0.29) is 12.8 Å². The molecule has 0 saturated carbocycles. The Hall–Kier alpha value is -2.07. The van der Waals surface area contributed by atoms with Crippen LogP contribution in [0, 0.1) is 0 Å². The fourth-order valence-corrected chi connectivity index (χ4v) is 6.36. The van der Waals surface area contributed by atoms with Gasteiger partial charge in [-0.1, -0.05) is 159 Å². The van der Waals surface area contributed by atoms with Crippen molar-refractivity contribution in [2.75, 3.05) is 26.4 Å². The number of phosphoric acid groups is 1. The van der Waals surface area contributed by atoms with E-state index in [1.165, 1.54) is 64.2 Å². The Bertz CT molecular complexity index is 1040. The summed E-state index contributed by atoms with van der Waals surface area (Å²) < 4.78 is 32.4. The molecule has 0 heterocycles. The van der Waals surface area contributed by atoms with Crippen LogP contribution in [0.15, 0.2) is 48.6 Å². The molecule has 0 aromatic rings. The molecule has 0 radical (unpaired) electrons. The first-order valence-corrected chi connectivity index (χ1v) is 22.6. The third-order valence-corrected chi connectivity index (χ3v) is 9.76. The van der Waals surface area contributed by atoms with E-state index in [4.69, 9.17) is 18.5 Å². The molecule has 0 amide bonds. The topological polar surface area (TPSA) is 149 Å². The Kier molecular flexibility index (Phi) is 37.7. The van der Waals surface area contributed by atoms with E-state index in [9.17, 15) is 29.3 Å². The van der Waals surface area contributed by atoms with Crippen molar-refractivity contribution in [3.8, 4) is 0 Å². The summed E-state index contributed by atoms with van der Waals surface area (Å²) in [6.45, 7) is 2.04. The number of hydrogen-bond donors (Lipinski definition) is 3. The Morgan fingerprint density at radius 2 is 0.870 bits per heavy atom. The molecule has 0 aromatic carbocycles. The molecular formula is C43H77O10P. The van der Waals surface area contributed by atoms with Crippen LogP contribution in [-0.2, 0) is 32.7 Å². The summed E-state index contributed by atoms with van der Waals surface area (Å²) in [5.74, 6) is -1.03. The monoisotopic (exact) mass is 785 g/mol. The molecule has 10 nitrogen and oxygen atoms in total. The van der Waals surface area contributed by atoms with Gasteiger partial charge in [-0.25, -0.2) is 4.57 Å². The summed E-state index contributed by atoms with van der Waals surface area (Å²) in [6, 6.07) is 0. The second-order valence-electron chi connectivity index (χ2n) is 13.9. The number of carbonyl (C=O) groups is 2. The molecule has 54 heavy (non-hydrogen) atoms. The van der Waals surface area contributed by atoms with Gasteiger partial charge in [-0.3, -0.25) is 18.6 Å². The van der Waals surface area contributed by atoms with Crippen molar-refractivity contribution in [2.24, 2.45) is 0 Å². The van der Waals surface area contributed by atoms with Crippen molar-refractivity contribution in [1.29, 1.82) is 0 Å². The van der Waals surface area contributed by atoms with E-state index in [0.29, 0.717) is 12.8 Å². The Balaban J connectivity index is 3.86. The standard InChI is InChI=1S/C43H77O10P/c1-3-5-7-9-11-13-14-15-16-17-18-19-20-21-22-23-24-25-26-27-29-31-33-35-43(47)53-41(37-45)39-51-54(48,49)50-38-40(36-44)52-42(46)34-32-30-28-12-10-8-6-4-2/h5,7,11,13,15-16,18-19,40-41,44-45H,3-4,6,8-10,12,14,17,20-39H2,1-2H3,(H,48,49)/b7-5-,13-11-,16-15-,19-18-. The van der Waals surface area contributed by atoms with Crippen molar-refractivity contribution in [3.05, 3.63) is 48.6 Å². The van der Waals surface area contributed by atoms with Crippen LogP contribution in [0.25, 0.3) is 0 Å². The number of allylic oxidation sites excluding steroid dienone is 8. The van der Waals surface area contributed by atoms with Gasteiger partial charge >= 0.3 is 19.8 Å². The lowest BCUT2D eigenvalue weighted by molar-refractivity contribution is -0.153. The largest absolute Gasteiger partial charge is 0.472 e. The smallest absolute Gasteiger partial charge is 0.457 e. The molecule has 0 spiro atoms. The number of ether oxygens (including phenoxy) is 2. The number of hydrogen-bond acceptors (Lipinski definition) is 9. The highest BCUT2D eigenvalue weighted by atomic mass is 31.2. The van der Waals surface area contributed by atoms with Crippen LogP contribution in [0.2, 0.25) is 0 Å². The number of unbranched alkanes of at least 4 members (excludes halogenated alkanes) is 17. The number of rotatable bonds is 39. The van der Waals surface area contributed by atoms with Gasteiger partial charge in [0.1, 0.15) is 12.2 Å². The molecule has 3 N–H and O–H groups in total. The molecule has 0 fully saturated rings. The lowest BCUT2D eigenvalue weighted by Crippen LogP contribution is -2.28. The minimum atomic E-state index is -4.63. The number of aliphatic hydroxyl groups excluding tert-OH is 2. The molecule has 3 atom stereocenters. The van der Waals surface area contributed by atoms with E-state index in [2.05, 4.69) is 62.5 Å². The number of aliphatic hydroxyl groups is 2. The summed E-state index contributed by atoms with van der Waals surface area (Å²) in [7, 11) is -4.63. The van der Waals surface area contributed by atoms with E-state index in [1.54, 1.807) is 0 Å². The van der Waals surface area contributed by atoms with Crippen molar-refractivity contribution < 1.29 is 47.8 Å². The van der Waals surface area contributed by atoms with Crippen LogP contribution >= 0.6 is 7.82 Å². The first kappa shape index (κ1) is 51.9. The predicted molar refractivity (Wildman–Crippen MR) is 219 cm³/mol. The zero-order chi connectivity index (χ0) is 39.8. The van der Waals surface area contributed by atoms with Crippen LogP contribution in [-0.4, -0.2) is 65.7 Å². The SMILES string of the molecule is CC/C=C\C/C=C\C/C=C\C/C=C\CCCCCCCCCCCCC(=O)OC(CO)COP(=O)(O)OCC(CO)OC(=O)CCCCCCCCCC.